The number of para-hydroxylation sites is 1. The molecule has 0 spiro atoms. The van der Waals surface area contributed by atoms with Gasteiger partial charge in [0.15, 0.2) is 0 Å². The van der Waals surface area contributed by atoms with Crippen LogP contribution >= 0.6 is 0 Å². The zero-order valence-corrected chi connectivity index (χ0v) is 16.8. The van der Waals surface area contributed by atoms with E-state index in [4.69, 9.17) is 9.47 Å². The number of allylic oxidation sites excluding steroid dienone is 3. The summed E-state index contributed by atoms with van der Waals surface area (Å²) in [4.78, 5) is 12.5. The number of carbonyl (C=O) groups is 1. The summed E-state index contributed by atoms with van der Waals surface area (Å²) >= 11 is 0. The molecule has 0 aliphatic heterocycles. The summed E-state index contributed by atoms with van der Waals surface area (Å²) in [6.45, 7) is 3.01. The van der Waals surface area contributed by atoms with Crippen LogP contribution in [0.2, 0.25) is 0 Å². The maximum atomic E-state index is 14.5. The predicted octanol–water partition coefficient (Wildman–Crippen LogP) is 3.58. The van der Waals surface area contributed by atoms with E-state index in [1.807, 2.05) is 0 Å². The number of aromatic nitrogens is 1. The third-order valence-electron chi connectivity index (χ3n) is 4.95. The zero-order valence-electron chi connectivity index (χ0n) is 15.9. The molecule has 0 radical (unpaired) electrons. The summed E-state index contributed by atoms with van der Waals surface area (Å²) in [5, 5.41) is 0.571. The largest absolute Gasteiger partial charge is 0.461 e. The minimum absolute atomic E-state index is 0.0186. The van der Waals surface area contributed by atoms with E-state index in [9.17, 15) is 17.6 Å². The van der Waals surface area contributed by atoms with E-state index in [2.05, 4.69) is 0 Å². The molecule has 1 heterocycles. The first-order valence-electron chi connectivity index (χ1n) is 8.85. The fourth-order valence-corrected chi connectivity index (χ4v) is 5.42. The van der Waals surface area contributed by atoms with E-state index in [-0.39, 0.29) is 30.9 Å². The van der Waals surface area contributed by atoms with E-state index in [1.165, 1.54) is 32.3 Å². The number of esters is 1. The molecule has 3 rings (SSSR count). The molecule has 0 fully saturated rings. The quantitative estimate of drug-likeness (QED) is 0.684. The van der Waals surface area contributed by atoms with Crippen LogP contribution in [-0.2, 0) is 19.5 Å². The summed E-state index contributed by atoms with van der Waals surface area (Å²) < 4.78 is 51.6. The zero-order chi connectivity index (χ0) is 20.5. The number of hydrogen-bond acceptors (Lipinski definition) is 5. The molecule has 1 atom stereocenters. The monoisotopic (exact) mass is 407 g/mol. The van der Waals surface area contributed by atoms with E-state index >= 15 is 0 Å². The molecule has 6 nitrogen and oxygen atoms in total. The Kier molecular flexibility index (Phi) is 5.45. The van der Waals surface area contributed by atoms with Crippen molar-refractivity contribution in [2.45, 2.75) is 25.0 Å². The number of methoxy groups -OCH3 is 1. The molecule has 1 aromatic heterocycles. The lowest BCUT2D eigenvalue weighted by Gasteiger charge is -2.34. The van der Waals surface area contributed by atoms with Gasteiger partial charge in [-0.15, -0.1) is 0 Å². The number of nitrogens with zero attached hydrogens (tertiary/aromatic N) is 1. The summed E-state index contributed by atoms with van der Waals surface area (Å²) in [5.41, 5.74) is 0.236. The second kappa shape index (κ2) is 7.52. The fourth-order valence-electron chi connectivity index (χ4n) is 3.43. The minimum atomic E-state index is -4.26. The number of rotatable bonds is 6. The molecule has 2 aromatic rings. The van der Waals surface area contributed by atoms with Crippen LogP contribution in [0.1, 0.15) is 30.8 Å². The molecule has 0 bridgehead atoms. The van der Waals surface area contributed by atoms with Gasteiger partial charge in [-0.3, -0.25) is 0 Å². The van der Waals surface area contributed by atoms with Crippen molar-refractivity contribution in [2.24, 2.45) is 0 Å². The molecular weight excluding hydrogens is 385 g/mol. The first kappa shape index (κ1) is 20.3. The molecule has 1 aromatic carbocycles. The van der Waals surface area contributed by atoms with E-state index in [0.29, 0.717) is 10.9 Å². The highest BCUT2D eigenvalue weighted by atomic mass is 32.2. The van der Waals surface area contributed by atoms with Crippen LogP contribution in [-0.4, -0.2) is 43.4 Å². The number of fused-ring (bicyclic) bond motifs is 1. The lowest BCUT2D eigenvalue weighted by atomic mass is 9.92. The SMILES string of the molecule is CCOC(=O)c1cc2ccccc2n1S(=O)(=O)C1(C)CC=CC(F)=C1COC. The van der Waals surface area contributed by atoms with Gasteiger partial charge in [0.1, 0.15) is 16.3 Å². The van der Waals surface area contributed by atoms with Gasteiger partial charge in [0.2, 0.25) is 10.0 Å². The van der Waals surface area contributed by atoms with Gasteiger partial charge in [0, 0.05) is 18.1 Å². The number of carbonyl (C=O) groups excluding carboxylic acids is 1. The van der Waals surface area contributed by atoms with Crippen molar-refractivity contribution in [3.05, 3.63) is 59.6 Å². The van der Waals surface area contributed by atoms with Gasteiger partial charge < -0.3 is 9.47 Å². The molecule has 28 heavy (non-hydrogen) atoms. The number of hydrogen-bond donors (Lipinski definition) is 0. The Hall–Kier alpha value is -2.45. The first-order chi connectivity index (χ1) is 13.3. The Morgan fingerprint density at radius 3 is 2.71 bits per heavy atom. The molecule has 8 heteroatoms. The first-order valence-corrected chi connectivity index (χ1v) is 10.3. The van der Waals surface area contributed by atoms with Crippen molar-refractivity contribution in [1.82, 2.24) is 3.97 Å². The van der Waals surface area contributed by atoms with Crippen LogP contribution < -0.4 is 0 Å². The Balaban J connectivity index is 2.30. The van der Waals surface area contributed by atoms with Crippen LogP contribution in [0.3, 0.4) is 0 Å². The standard InChI is InChI=1S/C20H22FNO5S/c1-4-27-19(23)18-12-14-8-5-6-10-17(14)22(18)28(24,25)20(2)11-7-9-16(21)15(20)13-26-3/h5-10,12H,4,11,13H2,1-3H3. The van der Waals surface area contributed by atoms with Crippen molar-refractivity contribution in [3.63, 3.8) is 0 Å². The third kappa shape index (κ3) is 3.06. The summed E-state index contributed by atoms with van der Waals surface area (Å²) in [6.07, 6.45) is 2.77. The smallest absolute Gasteiger partial charge is 0.356 e. The average Bonchev–Trinajstić information content (AvgIpc) is 3.05. The Labute approximate surface area is 163 Å². The summed E-state index contributed by atoms with van der Waals surface area (Å²) in [6, 6.07) is 8.21. The highest BCUT2D eigenvalue weighted by molar-refractivity contribution is 7.91. The Morgan fingerprint density at radius 1 is 1.32 bits per heavy atom. The van der Waals surface area contributed by atoms with Crippen LogP contribution in [0.15, 0.2) is 53.9 Å². The van der Waals surface area contributed by atoms with Gasteiger partial charge >= 0.3 is 5.97 Å². The maximum absolute atomic E-state index is 14.5. The highest BCUT2D eigenvalue weighted by Crippen LogP contribution is 2.40. The van der Waals surface area contributed by atoms with Crippen LogP contribution in [0.4, 0.5) is 4.39 Å². The van der Waals surface area contributed by atoms with Crippen LogP contribution in [0.25, 0.3) is 10.9 Å². The molecule has 1 unspecified atom stereocenters. The van der Waals surface area contributed by atoms with Crippen molar-refractivity contribution in [2.75, 3.05) is 20.3 Å². The maximum Gasteiger partial charge on any atom is 0.356 e. The molecule has 0 N–H and O–H groups in total. The Morgan fingerprint density at radius 2 is 2.04 bits per heavy atom. The minimum Gasteiger partial charge on any atom is -0.461 e. The van der Waals surface area contributed by atoms with Crippen molar-refractivity contribution < 1.29 is 27.1 Å². The number of halogens is 1. The normalized spacial score (nSPS) is 20.0. The van der Waals surface area contributed by atoms with Crippen molar-refractivity contribution in [3.8, 4) is 0 Å². The van der Waals surface area contributed by atoms with Crippen molar-refractivity contribution in [1.29, 1.82) is 0 Å². The van der Waals surface area contributed by atoms with Gasteiger partial charge in [-0.1, -0.05) is 24.3 Å². The van der Waals surface area contributed by atoms with Gasteiger partial charge in [-0.25, -0.2) is 21.6 Å². The van der Waals surface area contributed by atoms with E-state index < -0.39 is 26.6 Å². The topological polar surface area (TPSA) is 74.6 Å². The molecule has 0 amide bonds. The van der Waals surface area contributed by atoms with E-state index in [1.54, 1.807) is 31.2 Å². The summed E-state index contributed by atoms with van der Waals surface area (Å²) in [5.74, 6) is -1.40. The lowest BCUT2D eigenvalue weighted by Crippen LogP contribution is -2.44. The number of ether oxygens (including phenoxy) is 2. The second-order valence-corrected chi connectivity index (χ2v) is 8.89. The fraction of sp³-hybridized carbons (Fsp3) is 0.350. The van der Waals surface area contributed by atoms with Crippen molar-refractivity contribution >= 4 is 26.9 Å². The predicted molar refractivity (Wildman–Crippen MR) is 104 cm³/mol. The van der Waals surface area contributed by atoms with E-state index in [0.717, 1.165) is 3.97 Å². The molecule has 150 valence electrons. The van der Waals surface area contributed by atoms with Gasteiger partial charge in [0.05, 0.1) is 18.7 Å². The molecule has 0 saturated heterocycles. The van der Waals surface area contributed by atoms with Gasteiger partial charge in [0.25, 0.3) is 0 Å². The van der Waals surface area contributed by atoms with Gasteiger partial charge in [-0.2, -0.15) is 0 Å². The molecular formula is C20H22FNO5S. The van der Waals surface area contributed by atoms with Gasteiger partial charge in [-0.05, 0) is 38.5 Å². The number of benzene rings is 1. The lowest BCUT2D eigenvalue weighted by molar-refractivity contribution is 0.0518. The highest BCUT2D eigenvalue weighted by Gasteiger charge is 2.47. The molecule has 0 saturated carbocycles. The average molecular weight is 407 g/mol. The third-order valence-corrected chi connectivity index (χ3v) is 7.37. The van der Waals surface area contributed by atoms with Crippen LogP contribution in [0, 0.1) is 0 Å². The molecule has 1 aliphatic carbocycles. The Bertz CT molecular complexity index is 1080. The molecule has 1 aliphatic rings. The van der Waals surface area contributed by atoms with Crippen LogP contribution in [0.5, 0.6) is 0 Å². The second-order valence-electron chi connectivity index (χ2n) is 6.68. The summed E-state index contributed by atoms with van der Waals surface area (Å²) in [7, 11) is -2.88.